The fourth-order valence-corrected chi connectivity index (χ4v) is 3.78. The standard InChI is InChI=1S/C19H11Cl2NO4S/c20-15-8-7-14(11-16(15)21)27(23,24)26-13-6-9-17-18(10-13)25-19(22-17)12-4-2-1-3-5-12/h1-11H. The maximum absolute atomic E-state index is 12.5. The van der Waals surface area contributed by atoms with Crippen molar-refractivity contribution in [2.45, 2.75) is 4.90 Å². The van der Waals surface area contributed by atoms with E-state index in [1.54, 1.807) is 6.07 Å². The minimum Gasteiger partial charge on any atom is -0.436 e. The lowest BCUT2D eigenvalue weighted by atomic mass is 10.2. The van der Waals surface area contributed by atoms with Gasteiger partial charge in [0.05, 0.1) is 10.0 Å². The molecule has 0 unspecified atom stereocenters. The van der Waals surface area contributed by atoms with Crippen LogP contribution in [0.3, 0.4) is 0 Å². The minimum absolute atomic E-state index is 0.0976. The first-order chi connectivity index (χ1) is 12.9. The van der Waals surface area contributed by atoms with E-state index in [0.29, 0.717) is 17.0 Å². The molecule has 0 saturated heterocycles. The molecule has 3 aromatic carbocycles. The van der Waals surface area contributed by atoms with Crippen LogP contribution in [-0.2, 0) is 10.1 Å². The van der Waals surface area contributed by atoms with E-state index in [1.165, 1.54) is 30.3 Å². The van der Waals surface area contributed by atoms with Gasteiger partial charge in [0, 0.05) is 11.6 Å². The molecule has 4 rings (SSSR count). The summed E-state index contributed by atoms with van der Waals surface area (Å²) in [6.45, 7) is 0. The van der Waals surface area contributed by atoms with Crippen LogP contribution in [0.5, 0.6) is 5.75 Å². The molecule has 27 heavy (non-hydrogen) atoms. The first-order valence-electron chi connectivity index (χ1n) is 7.78. The highest BCUT2D eigenvalue weighted by atomic mass is 35.5. The lowest BCUT2D eigenvalue weighted by Crippen LogP contribution is -2.09. The molecular weight excluding hydrogens is 409 g/mol. The van der Waals surface area contributed by atoms with Crippen molar-refractivity contribution < 1.29 is 17.0 Å². The number of hydrogen-bond acceptors (Lipinski definition) is 5. The Bertz CT molecular complexity index is 1240. The zero-order valence-electron chi connectivity index (χ0n) is 13.6. The molecule has 0 aliphatic rings. The number of hydrogen-bond donors (Lipinski definition) is 0. The van der Waals surface area contributed by atoms with Gasteiger partial charge in [-0.05, 0) is 42.5 Å². The second-order valence-corrected chi connectivity index (χ2v) is 7.99. The lowest BCUT2D eigenvalue weighted by molar-refractivity contribution is 0.486. The lowest BCUT2D eigenvalue weighted by Gasteiger charge is -2.07. The molecule has 8 heteroatoms. The molecule has 0 radical (unpaired) electrons. The van der Waals surface area contributed by atoms with E-state index >= 15 is 0 Å². The third-order valence-electron chi connectivity index (χ3n) is 3.77. The predicted octanol–water partition coefficient (Wildman–Crippen LogP) is 5.57. The van der Waals surface area contributed by atoms with E-state index < -0.39 is 10.1 Å². The van der Waals surface area contributed by atoms with Crippen molar-refractivity contribution in [2.24, 2.45) is 0 Å². The molecule has 0 amide bonds. The van der Waals surface area contributed by atoms with Crippen molar-refractivity contribution in [1.82, 2.24) is 4.98 Å². The first kappa shape index (κ1) is 17.9. The average molecular weight is 420 g/mol. The first-order valence-corrected chi connectivity index (χ1v) is 9.94. The van der Waals surface area contributed by atoms with Crippen molar-refractivity contribution in [3.63, 3.8) is 0 Å². The van der Waals surface area contributed by atoms with Crippen molar-refractivity contribution >= 4 is 44.4 Å². The maximum Gasteiger partial charge on any atom is 0.339 e. The van der Waals surface area contributed by atoms with Crippen molar-refractivity contribution in [2.75, 3.05) is 0 Å². The van der Waals surface area contributed by atoms with Crippen LogP contribution in [0.4, 0.5) is 0 Å². The summed E-state index contributed by atoms with van der Waals surface area (Å²) in [5, 5.41) is 0.381. The Hall–Kier alpha value is -2.54. The highest BCUT2D eigenvalue weighted by Crippen LogP contribution is 2.30. The number of halogens is 2. The SMILES string of the molecule is O=S(=O)(Oc1ccc2nc(-c3ccccc3)oc2c1)c1ccc(Cl)c(Cl)c1. The summed E-state index contributed by atoms with van der Waals surface area (Å²) in [7, 11) is -4.07. The fraction of sp³-hybridized carbons (Fsp3) is 0. The Morgan fingerprint density at radius 2 is 1.67 bits per heavy atom. The smallest absolute Gasteiger partial charge is 0.339 e. The fourth-order valence-electron chi connectivity index (χ4n) is 2.47. The Morgan fingerprint density at radius 3 is 2.41 bits per heavy atom. The van der Waals surface area contributed by atoms with Crippen LogP contribution >= 0.6 is 23.2 Å². The van der Waals surface area contributed by atoms with E-state index in [0.717, 1.165) is 5.56 Å². The molecule has 4 aromatic rings. The highest BCUT2D eigenvalue weighted by Gasteiger charge is 2.19. The number of oxazole rings is 1. The molecule has 0 fully saturated rings. The molecule has 1 aromatic heterocycles. The van der Waals surface area contributed by atoms with Crippen molar-refractivity contribution in [1.29, 1.82) is 0 Å². The van der Waals surface area contributed by atoms with Crippen LogP contribution in [0.1, 0.15) is 0 Å². The predicted molar refractivity (Wildman–Crippen MR) is 104 cm³/mol. The highest BCUT2D eigenvalue weighted by molar-refractivity contribution is 7.87. The molecule has 5 nitrogen and oxygen atoms in total. The van der Waals surface area contributed by atoms with E-state index in [4.69, 9.17) is 31.8 Å². The zero-order valence-corrected chi connectivity index (χ0v) is 15.9. The molecule has 0 aliphatic carbocycles. The maximum atomic E-state index is 12.5. The molecule has 0 aliphatic heterocycles. The molecular formula is C19H11Cl2NO4S. The quantitative estimate of drug-likeness (QED) is 0.404. The molecule has 0 N–H and O–H groups in total. The largest absolute Gasteiger partial charge is 0.436 e. The van der Waals surface area contributed by atoms with Crippen LogP contribution in [0.2, 0.25) is 10.0 Å². The van der Waals surface area contributed by atoms with Crippen LogP contribution < -0.4 is 4.18 Å². The van der Waals surface area contributed by atoms with Gasteiger partial charge in [-0.3, -0.25) is 0 Å². The van der Waals surface area contributed by atoms with E-state index in [9.17, 15) is 8.42 Å². The summed E-state index contributed by atoms with van der Waals surface area (Å²) in [5.41, 5.74) is 1.82. The summed E-state index contributed by atoms with van der Waals surface area (Å²) >= 11 is 11.7. The van der Waals surface area contributed by atoms with Gasteiger partial charge in [0.1, 0.15) is 16.2 Å². The van der Waals surface area contributed by atoms with Gasteiger partial charge in [-0.1, -0.05) is 41.4 Å². The third kappa shape index (κ3) is 3.64. The van der Waals surface area contributed by atoms with Crippen LogP contribution in [0, 0.1) is 0 Å². The molecule has 1 heterocycles. The summed E-state index contributed by atoms with van der Waals surface area (Å²) in [5.74, 6) is 0.541. The molecule has 0 spiro atoms. The van der Waals surface area contributed by atoms with Gasteiger partial charge in [0.2, 0.25) is 5.89 Å². The number of aromatic nitrogens is 1. The summed E-state index contributed by atoms with van der Waals surface area (Å²) in [6.07, 6.45) is 0. The second-order valence-electron chi connectivity index (χ2n) is 5.63. The van der Waals surface area contributed by atoms with Gasteiger partial charge < -0.3 is 8.60 Å². The van der Waals surface area contributed by atoms with Crippen molar-refractivity contribution in [3.05, 3.63) is 76.8 Å². The Morgan fingerprint density at radius 1 is 0.889 bits per heavy atom. The number of fused-ring (bicyclic) bond motifs is 1. The summed E-state index contributed by atoms with van der Waals surface area (Å²) < 4.78 is 35.8. The summed E-state index contributed by atoms with van der Waals surface area (Å²) in [4.78, 5) is 4.30. The van der Waals surface area contributed by atoms with E-state index in [1.807, 2.05) is 30.3 Å². The topological polar surface area (TPSA) is 69.4 Å². The Balaban J connectivity index is 1.67. The molecule has 0 bridgehead atoms. The summed E-state index contributed by atoms with van der Waals surface area (Å²) in [6, 6.07) is 18.0. The number of benzene rings is 3. The van der Waals surface area contributed by atoms with Gasteiger partial charge in [0.15, 0.2) is 5.58 Å². The molecule has 0 atom stereocenters. The van der Waals surface area contributed by atoms with Gasteiger partial charge in [-0.25, -0.2) is 4.98 Å². The van der Waals surface area contributed by atoms with Crippen LogP contribution in [0.25, 0.3) is 22.6 Å². The van der Waals surface area contributed by atoms with E-state index in [2.05, 4.69) is 4.98 Å². The zero-order chi connectivity index (χ0) is 19.0. The average Bonchev–Trinajstić information content (AvgIpc) is 3.07. The number of nitrogens with zero attached hydrogens (tertiary/aromatic N) is 1. The molecule has 0 saturated carbocycles. The van der Waals surface area contributed by atoms with Gasteiger partial charge in [0.25, 0.3) is 0 Å². The Kier molecular flexibility index (Phi) is 4.55. The Labute approximate surface area is 165 Å². The van der Waals surface area contributed by atoms with Gasteiger partial charge in [-0.2, -0.15) is 8.42 Å². The van der Waals surface area contributed by atoms with Crippen molar-refractivity contribution in [3.8, 4) is 17.2 Å². The van der Waals surface area contributed by atoms with Crippen LogP contribution in [0.15, 0.2) is 76.0 Å². The van der Waals surface area contributed by atoms with E-state index in [-0.39, 0.29) is 20.7 Å². The minimum atomic E-state index is -4.07. The normalized spacial score (nSPS) is 11.6. The second kappa shape index (κ2) is 6.88. The number of rotatable bonds is 4. The van der Waals surface area contributed by atoms with Gasteiger partial charge >= 0.3 is 10.1 Å². The van der Waals surface area contributed by atoms with Crippen LogP contribution in [-0.4, -0.2) is 13.4 Å². The van der Waals surface area contributed by atoms with Gasteiger partial charge in [-0.15, -0.1) is 0 Å². The monoisotopic (exact) mass is 419 g/mol. The third-order valence-corrected chi connectivity index (χ3v) is 5.75. The molecule has 136 valence electrons.